The Hall–Kier alpha value is -1.14. The van der Waals surface area contributed by atoms with Crippen molar-refractivity contribution in [1.29, 1.82) is 0 Å². The normalized spacial score (nSPS) is 26.5. The van der Waals surface area contributed by atoms with Crippen molar-refractivity contribution in [3.8, 4) is 0 Å². The van der Waals surface area contributed by atoms with Crippen molar-refractivity contribution in [2.45, 2.75) is 19.8 Å². The van der Waals surface area contributed by atoms with Gasteiger partial charge in [-0.3, -0.25) is 15.0 Å². The number of nitrogens with zero attached hydrogens (tertiary/aromatic N) is 1. The molecule has 1 rings (SSSR count). The maximum atomic E-state index is 11.2. The van der Waals surface area contributed by atoms with Crippen molar-refractivity contribution in [2.75, 3.05) is 19.6 Å². The van der Waals surface area contributed by atoms with Gasteiger partial charge in [0.05, 0.1) is 5.41 Å². The summed E-state index contributed by atoms with van der Waals surface area (Å²) in [6.07, 6.45) is 1.11. The van der Waals surface area contributed by atoms with E-state index >= 15 is 0 Å². The van der Waals surface area contributed by atoms with E-state index in [0.717, 1.165) is 13.0 Å². The molecule has 1 saturated heterocycles. The highest BCUT2D eigenvalue weighted by atomic mass is 16.2. The molecule has 5 N–H and O–H groups in total. The average molecular weight is 214 g/mol. The number of primary amides is 1. The summed E-state index contributed by atoms with van der Waals surface area (Å²) in [4.78, 5) is 24.1. The molecule has 0 saturated carbocycles. The van der Waals surface area contributed by atoms with Gasteiger partial charge in [-0.25, -0.2) is 5.84 Å². The van der Waals surface area contributed by atoms with Crippen LogP contribution < -0.4 is 17.0 Å². The molecule has 2 amide bonds. The van der Waals surface area contributed by atoms with E-state index in [1.165, 1.54) is 0 Å². The zero-order valence-corrected chi connectivity index (χ0v) is 8.95. The molecule has 6 nitrogen and oxygen atoms in total. The van der Waals surface area contributed by atoms with E-state index < -0.39 is 5.41 Å². The highest BCUT2D eigenvalue weighted by Gasteiger charge is 2.38. The average Bonchev–Trinajstić information content (AvgIpc) is 2.58. The van der Waals surface area contributed by atoms with Crippen molar-refractivity contribution in [2.24, 2.45) is 17.0 Å². The fraction of sp³-hybridized carbons (Fsp3) is 0.778. The number of nitrogens with two attached hydrogens (primary N) is 2. The van der Waals surface area contributed by atoms with Crippen LogP contribution in [0.4, 0.5) is 0 Å². The summed E-state index contributed by atoms with van der Waals surface area (Å²) < 4.78 is 0. The van der Waals surface area contributed by atoms with Gasteiger partial charge in [0, 0.05) is 19.5 Å². The number of carbonyl (C=O) groups excluding carboxylic acids is 2. The van der Waals surface area contributed by atoms with Gasteiger partial charge in [0.1, 0.15) is 0 Å². The topological polar surface area (TPSA) is 101 Å². The first-order valence-corrected chi connectivity index (χ1v) is 4.99. The van der Waals surface area contributed by atoms with E-state index in [1.807, 2.05) is 6.92 Å². The first-order chi connectivity index (χ1) is 6.98. The zero-order valence-electron chi connectivity index (χ0n) is 8.95. The van der Waals surface area contributed by atoms with E-state index in [9.17, 15) is 9.59 Å². The highest BCUT2D eigenvalue weighted by molar-refractivity contribution is 5.81. The smallest absolute Gasteiger partial charge is 0.235 e. The third-order valence-corrected chi connectivity index (χ3v) is 2.96. The van der Waals surface area contributed by atoms with E-state index in [-0.39, 0.29) is 11.8 Å². The third kappa shape index (κ3) is 2.90. The minimum absolute atomic E-state index is 0.192. The first-order valence-electron chi connectivity index (χ1n) is 4.99. The lowest BCUT2D eigenvalue weighted by molar-refractivity contribution is -0.126. The predicted molar refractivity (Wildman–Crippen MR) is 55.3 cm³/mol. The van der Waals surface area contributed by atoms with Gasteiger partial charge in [-0.05, 0) is 19.9 Å². The van der Waals surface area contributed by atoms with Crippen LogP contribution in [-0.2, 0) is 9.59 Å². The van der Waals surface area contributed by atoms with Crippen LogP contribution >= 0.6 is 0 Å². The van der Waals surface area contributed by atoms with Crippen LogP contribution in [0.3, 0.4) is 0 Å². The molecule has 0 aromatic rings. The van der Waals surface area contributed by atoms with Gasteiger partial charge in [-0.15, -0.1) is 0 Å². The minimum atomic E-state index is -0.445. The first kappa shape index (κ1) is 11.9. The second-order valence-corrected chi connectivity index (χ2v) is 4.27. The van der Waals surface area contributed by atoms with Gasteiger partial charge < -0.3 is 10.6 Å². The van der Waals surface area contributed by atoms with Gasteiger partial charge in [0.15, 0.2) is 0 Å². The molecule has 0 radical (unpaired) electrons. The Morgan fingerprint density at radius 2 is 2.20 bits per heavy atom. The Kier molecular flexibility index (Phi) is 3.65. The Labute approximate surface area is 88.9 Å². The molecule has 0 bridgehead atoms. The van der Waals surface area contributed by atoms with Crippen LogP contribution in [-0.4, -0.2) is 36.3 Å². The number of hydrogen-bond acceptors (Lipinski definition) is 4. The third-order valence-electron chi connectivity index (χ3n) is 2.96. The fourth-order valence-corrected chi connectivity index (χ4v) is 1.78. The molecule has 1 heterocycles. The van der Waals surface area contributed by atoms with Crippen molar-refractivity contribution in [1.82, 2.24) is 10.3 Å². The zero-order chi connectivity index (χ0) is 11.5. The summed E-state index contributed by atoms with van der Waals surface area (Å²) in [5, 5.41) is 0. The number of hydrogen-bond donors (Lipinski definition) is 3. The molecule has 1 unspecified atom stereocenters. The van der Waals surface area contributed by atoms with E-state index in [0.29, 0.717) is 19.5 Å². The molecular weight excluding hydrogens is 196 g/mol. The lowest BCUT2D eigenvalue weighted by atomic mass is 9.89. The summed E-state index contributed by atoms with van der Waals surface area (Å²) in [6.45, 7) is 3.90. The molecule has 1 atom stereocenters. The summed E-state index contributed by atoms with van der Waals surface area (Å²) in [5.41, 5.74) is 6.94. The monoisotopic (exact) mass is 214 g/mol. The maximum absolute atomic E-state index is 11.2. The second kappa shape index (κ2) is 4.59. The van der Waals surface area contributed by atoms with Crippen LogP contribution in [0.1, 0.15) is 19.8 Å². The lowest BCUT2D eigenvalue weighted by Crippen LogP contribution is -2.38. The van der Waals surface area contributed by atoms with Gasteiger partial charge in [0.2, 0.25) is 11.8 Å². The Balaban J connectivity index is 2.37. The highest BCUT2D eigenvalue weighted by Crippen LogP contribution is 2.29. The standard InChI is InChI=1S/C9H18N4O2/c1-9(8(10)15)3-5-13(6-9)4-2-7(14)12-11/h2-6,11H2,1H3,(H2,10,15)(H,12,14). The lowest BCUT2D eigenvalue weighted by Gasteiger charge is -2.20. The maximum Gasteiger partial charge on any atom is 0.235 e. The van der Waals surface area contributed by atoms with Gasteiger partial charge in [0.25, 0.3) is 0 Å². The molecule has 6 heteroatoms. The fourth-order valence-electron chi connectivity index (χ4n) is 1.78. The summed E-state index contributed by atoms with van der Waals surface area (Å²) in [5.74, 6) is 4.50. The number of hydrazine groups is 1. The van der Waals surface area contributed by atoms with E-state index in [1.54, 1.807) is 0 Å². The van der Waals surface area contributed by atoms with Crippen LogP contribution in [0.25, 0.3) is 0 Å². The van der Waals surface area contributed by atoms with E-state index in [4.69, 9.17) is 11.6 Å². The number of rotatable bonds is 4. The van der Waals surface area contributed by atoms with Crippen molar-refractivity contribution in [3.05, 3.63) is 0 Å². The molecule has 0 spiro atoms. The van der Waals surface area contributed by atoms with Crippen molar-refractivity contribution in [3.63, 3.8) is 0 Å². The number of amides is 2. The summed E-state index contributed by atoms with van der Waals surface area (Å²) in [6, 6.07) is 0. The van der Waals surface area contributed by atoms with Crippen LogP contribution in [0.5, 0.6) is 0 Å². The number of likely N-dealkylation sites (tertiary alicyclic amines) is 1. The molecule has 86 valence electrons. The van der Waals surface area contributed by atoms with Gasteiger partial charge in [-0.1, -0.05) is 0 Å². The van der Waals surface area contributed by atoms with E-state index in [2.05, 4.69) is 10.3 Å². The van der Waals surface area contributed by atoms with Crippen molar-refractivity contribution >= 4 is 11.8 Å². The molecular formula is C9H18N4O2. The minimum Gasteiger partial charge on any atom is -0.369 e. The summed E-state index contributed by atoms with van der Waals surface area (Å²) in [7, 11) is 0. The second-order valence-electron chi connectivity index (χ2n) is 4.27. The quantitative estimate of drug-likeness (QED) is 0.303. The van der Waals surface area contributed by atoms with Crippen LogP contribution in [0, 0.1) is 5.41 Å². The Bertz CT molecular complexity index is 269. The molecule has 15 heavy (non-hydrogen) atoms. The Morgan fingerprint density at radius 3 is 2.67 bits per heavy atom. The molecule has 0 aromatic carbocycles. The molecule has 1 aliphatic rings. The predicted octanol–water partition coefficient (Wildman–Crippen LogP) is -1.44. The molecule has 0 aliphatic carbocycles. The SMILES string of the molecule is CC1(C(N)=O)CCN(CCC(=O)NN)C1. The molecule has 0 aromatic heterocycles. The van der Waals surface area contributed by atoms with Crippen LogP contribution in [0.15, 0.2) is 0 Å². The number of nitrogens with one attached hydrogen (secondary N) is 1. The molecule has 1 aliphatic heterocycles. The largest absolute Gasteiger partial charge is 0.369 e. The number of carbonyl (C=O) groups is 2. The van der Waals surface area contributed by atoms with Crippen LogP contribution in [0.2, 0.25) is 0 Å². The summed E-state index contributed by atoms with van der Waals surface area (Å²) >= 11 is 0. The van der Waals surface area contributed by atoms with Crippen molar-refractivity contribution < 1.29 is 9.59 Å². The molecule has 1 fully saturated rings. The Morgan fingerprint density at radius 1 is 1.53 bits per heavy atom. The van der Waals surface area contributed by atoms with Gasteiger partial charge >= 0.3 is 0 Å². The van der Waals surface area contributed by atoms with Gasteiger partial charge in [-0.2, -0.15) is 0 Å².